The van der Waals surface area contributed by atoms with Gasteiger partial charge in [0.25, 0.3) is 0 Å². The Morgan fingerprint density at radius 3 is 2.47 bits per heavy atom. The topological polar surface area (TPSA) is 21.3 Å². The Morgan fingerprint density at radius 1 is 1.29 bits per heavy atom. The smallest absolute Gasteiger partial charge is 0.0597 e. The second-order valence-electron chi connectivity index (χ2n) is 5.29. The van der Waals surface area contributed by atoms with Crippen molar-refractivity contribution in [2.24, 2.45) is 11.8 Å². The molecule has 1 aliphatic rings. The second kappa shape index (κ2) is 7.03. The largest absolute Gasteiger partial charge is 0.375 e. The van der Waals surface area contributed by atoms with Gasteiger partial charge in [-0.1, -0.05) is 13.8 Å². The Balaban J connectivity index is 2.64. The molecule has 0 aromatic carbocycles. The monoisotopic (exact) mass is 237 g/mol. The van der Waals surface area contributed by atoms with E-state index in [-0.39, 0.29) is 0 Å². The maximum atomic E-state index is 5.94. The third kappa shape index (κ3) is 3.72. The van der Waals surface area contributed by atoms with Gasteiger partial charge in [0.2, 0.25) is 0 Å². The van der Waals surface area contributed by atoms with Crippen molar-refractivity contribution in [1.82, 2.24) is 5.32 Å². The summed E-state index contributed by atoms with van der Waals surface area (Å²) in [6.45, 7) is 9.95. The fraction of sp³-hybridized carbons (Fsp3) is 0.867. The van der Waals surface area contributed by atoms with Crippen molar-refractivity contribution < 1.29 is 4.74 Å². The number of ether oxygens (including phenoxy) is 1. The SMILES string of the molecule is C#CCCC(NCCC)C1C(C)OC(C)C1C. The van der Waals surface area contributed by atoms with E-state index in [2.05, 4.69) is 38.9 Å². The lowest BCUT2D eigenvalue weighted by atomic mass is 9.81. The molecule has 0 amide bonds. The zero-order valence-electron chi connectivity index (χ0n) is 11.7. The van der Waals surface area contributed by atoms with E-state index in [9.17, 15) is 0 Å². The summed E-state index contributed by atoms with van der Waals surface area (Å²) in [5.41, 5.74) is 0. The van der Waals surface area contributed by atoms with Crippen molar-refractivity contribution in [2.75, 3.05) is 6.54 Å². The van der Waals surface area contributed by atoms with E-state index in [0.29, 0.717) is 30.1 Å². The van der Waals surface area contributed by atoms with Gasteiger partial charge in [-0.05, 0) is 39.2 Å². The highest BCUT2D eigenvalue weighted by Crippen LogP contribution is 2.35. The maximum absolute atomic E-state index is 5.94. The minimum Gasteiger partial charge on any atom is -0.375 e. The Labute approximate surface area is 107 Å². The zero-order valence-corrected chi connectivity index (χ0v) is 11.7. The summed E-state index contributed by atoms with van der Waals surface area (Å²) in [6, 6.07) is 0.501. The molecule has 1 aliphatic heterocycles. The highest BCUT2D eigenvalue weighted by Gasteiger charge is 2.40. The van der Waals surface area contributed by atoms with Crippen molar-refractivity contribution in [3.05, 3.63) is 0 Å². The highest BCUT2D eigenvalue weighted by atomic mass is 16.5. The molecule has 0 aromatic rings. The molecule has 1 rings (SSSR count). The van der Waals surface area contributed by atoms with Gasteiger partial charge in [0.15, 0.2) is 0 Å². The summed E-state index contributed by atoms with van der Waals surface area (Å²) in [7, 11) is 0. The Kier molecular flexibility index (Phi) is 6.02. The number of terminal acetylenes is 1. The predicted octanol–water partition coefficient (Wildman–Crippen LogP) is 2.83. The molecule has 0 bridgehead atoms. The Bertz CT molecular complexity index is 258. The fourth-order valence-electron chi connectivity index (χ4n) is 2.99. The third-order valence-corrected chi connectivity index (χ3v) is 4.04. The summed E-state index contributed by atoms with van der Waals surface area (Å²) in [6.07, 6.45) is 9.18. The quantitative estimate of drug-likeness (QED) is 0.717. The van der Waals surface area contributed by atoms with E-state index in [0.717, 1.165) is 19.4 Å². The van der Waals surface area contributed by atoms with Crippen LogP contribution in [0.5, 0.6) is 0 Å². The molecule has 98 valence electrons. The molecular weight excluding hydrogens is 210 g/mol. The summed E-state index contributed by atoms with van der Waals surface area (Å²) in [5, 5.41) is 3.65. The average Bonchev–Trinajstić information content (AvgIpc) is 2.55. The molecule has 1 saturated heterocycles. The minimum atomic E-state index is 0.340. The normalized spacial score (nSPS) is 34.5. The zero-order chi connectivity index (χ0) is 12.8. The van der Waals surface area contributed by atoms with Crippen molar-refractivity contribution in [1.29, 1.82) is 0 Å². The molecular formula is C15H27NO. The van der Waals surface area contributed by atoms with E-state index in [1.165, 1.54) is 6.42 Å². The van der Waals surface area contributed by atoms with Crippen LogP contribution in [0, 0.1) is 24.2 Å². The van der Waals surface area contributed by atoms with Crippen LogP contribution in [0.2, 0.25) is 0 Å². The lowest BCUT2D eigenvalue weighted by molar-refractivity contribution is 0.0473. The van der Waals surface area contributed by atoms with Gasteiger partial charge in [-0.3, -0.25) is 0 Å². The van der Waals surface area contributed by atoms with Crippen LogP contribution in [0.4, 0.5) is 0 Å². The van der Waals surface area contributed by atoms with Crippen molar-refractivity contribution in [3.63, 3.8) is 0 Å². The summed E-state index contributed by atoms with van der Waals surface area (Å²) in [5.74, 6) is 3.95. The number of nitrogens with one attached hydrogen (secondary N) is 1. The average molecular weight is 237 g/mol. The summed E-state index contributed by atoms with van der Waals surface area (Å²) >= 11 is 0. The fourth-order valence-corrected chi connectivity index (χ4v) is 2.99. The molecule has 2 heteroatoms. The van der Waals surface area contributed by atoms with Crippen LogP contribution in [-0.4, -0.2) is 24.8 Å². The molecule has 17 heavy (non-hydrogen) atoms. The Hall–Kier alpha value is -0.520. The van der Waals surface area contributed by atoms with Crippen LogP contribution in [0.15, 0.2) is 0 Å². The second-order valence-corrected chi connectivity index (χ2v) is 5.29. The lowest BCUT2D eigenvalue weighted by Crippen LogP contribution is -2.42. The molecule has 2 nitrogen and oxygen atoms in total. The summed E-state index contributed by atoms with van der Waals surface area (Å²) in [4.78, 5) is 0. The molecule has 0 radical (unpaired) electrons. The molecule has 1 N–H and O–H groups in total. The molecule has 0 saturated carbocycles. The predicted molar refractivity (Wildman–Crippen MR) is 72.8 cm³/mol. The molecule has 1 heterocycles. The van der Waals surface area contributed by atoms with Gasteiger partial charge in [-0.25, -0.2) is 0 Å². The minimum absolute atomic E-state index is 0.340. The first-order valence-corrected chi connectivity index (χ1v) is 6.94. The number of hydrogen-bond donors (Lipinski definition) is 1. The molecule has 0 aromatic heterocycles. The van der Waals surface area contributed by atoms with Crippen LogP contribution >= 0.6 is 0 Å². The summed E-state index contributed by atoms with van der Waals surface area (Å²) < 4.78 is 5.94. The molecule has 0 spiro atoms. The van der Waals surface area contributed by atoms with Gasteiger partial charge in [0, 0.05) is 18.4 Å². The van der Waals surface area contributed by atoms with Gasteiger partial charge in [-0.2, -0.15) is 0 Å². The molecule has 5 unspecified atom stereocenters. The molecule has 1 fully saturated rings. The van der Waals surface area contributed by atoms with E-state index in [4.69, 9.17) is 11.2 Å². The molecule has 0 aliphatic carbocycles. The number of hydrogen-bond acceptors (Lipinski definition) is 2. The van der Waals surface area contributed by atoms with E-state index < -0.39 is 0 Å². The standard InChI is InChI=1S/C15H27NO/c1-6-8-9-14(16-10-7-2)15-11(3)12(4)17-13(15)5/h1,11-16H,7-10H2,2-5H3. The van der Waals surface area contributed by atoms with Crippen LogP contribution in [0.3, 0.4) is 0 Å². The van der Waals surface area contributed by atoms with Gasteiger partial charge >= 0.3 is 0 Å². The van der Waals surface area contributed by atoms with Crippen molar-refractivity contribution in [2.45, 2.75) is 65.2 Å². The van der Waals surface area contributed by atoms with Gasteiger partial charge in [0.05, 0.1) is 12.2 Å². The van der Waals surface area contributed by atoms with Crippen LogP contribution in [0.1, 0.15) is 47.0 Å². The van der Waals surface area contributed by atoms with Gasteiger partial charge in [0.1, 0.15) is 0 Å². The lowest BCUT2D eigenvalue weighted by Gasteiger charge is -2.29. The van der Waals surface area contributed by atoms with Crippen LogP contribution < -0.4 is 5.32 Å². The van der Waals surface area contributed by atoms with E-state index >= 15 is 0 Å². The Morgan fingerprint density at radius 2 is 2.00 bits per heavy atom. The van der Waals surface area contributed by atoms with E-state index in [1.807, 2.05) is 0 Å². The first-order chi connectivity index (χ1) is 8.11. The van der Waals surface area contributed by atoms with Crippen LogP contribution in [-0.2, 0) is 4.74 Å². The van der Waals surface area contributed by atoms with E-state index in [1.54, 1.807) is 0 Å². The van der Waals surface area contributed by atoms with Crippen LogP contribution in [0.25, 0.3) is 0 Å². The highest BCUT2D eigenvalue weighted by molar-refractivity contribution is 4.94. The third-order valence-electron chi connectivity index (χ3n) is 4.04. The van der Waals surface area contributed by atoms with Crippen molar-refractivity contribution >= 4 is 0 Å². The van der Waals surface area contributed by atoms with Gasteiger partial charge < -0.3 is 10.1 Å². The first-order valence-electron chi connectivity index (χ1n) is 6.94. The van der Waals surface area contributed by atoms with Crippen molar-refractivity contribution in [3.8, 4) is 12.3 Å². The van der Waals surface area contributed by atoms with Gasteiger partial charge in [-0.15, -0.1) is 12.3 Å². The molecule has 5 atom stereocenters. The maximum Gasteiger partial charge on any atom is 0.0597 e. The first kappa shape index (κ1) is 14.5. The number of rotatable bonds is 6.